The van der Waals surface area contributed by atoms with Crippen LogP contribution in [0.3, 0.4) is 0 Å². The second kappa shape index (κ2) is 5.63. The molecule has 1 heterocycles. The average molecular weight is 267 g/mol. The van der Waals surface area contributed by atoms with E-state index in [0.717, 1.165) is 34.1 Å². The predicted molar refractivity (Wildman–Crippen MR) is 74.5 cm³/mol. The topological polar surface area (TPSA) is 38.9 Å². The van der Waals surface area contributed by atoms with E-state index in [-0.39, 0.29) is 6.04 Å². The number of halogens is 1. The first kappa shape index (κ1) is 12.6. The van der Waals surface area contributed by atoms with Gasteiger partial charge < -0.3 is 5.73 Å². The Morgan fingerprint density at radius 2 is 2.18 bits per heavy atom. The van der Waals surface area contributed by atoms with Crippen LogP contribution in [0, 0.1) is 0 Å². The highest BCUT2D eigenvalue weighted by atomic mass is 35.5. The summed E-state index contributed by atoms with van der Waals surface area (Å²) in [6.45, 7) is 2.09. The quantitative estimate of drug-likeness (QED) is 0.916. The first-order valence-corrected chi connectivity index (χ1v) is 6.91. The first-order valence-electron chi connectivity index (χ1n) is 5.65. The molecule has 4 heteroatoms. The fraction of sp³-hybridized carbons (Fsp3) is 0.308. The molecule has 2 rings (SSSR count). The molecule has 0 bridgehead atoms. The van der Waals surface area contributed by atoms with Crippen LogP contribution in [0.25, 0.3) is 11.3 Å². The summed E-state index contributed by atoms with van der Waals surface area (Å²) in [5.74, 6) is 0. The maximum atomic E-state index is 6.14. The van der Waals surface area contributed by atoms with Crippen molar-refractivity contribution in [1.29, 1.82) is 0 Å². The molecular weight excluding hydrogens is 252 g/mol. The molecule has 0 amide bonds. The molecule has 1 unspecified atom stereocenters. The summed E-state index contributed by atoms with van der Waals surface area (Å²) in [4.78, 5) is 4.58. The van der Waals surface area contributed by atoms with Crippen LogP contribution in [0.15, 0.2) is 29.6 Å². The third kappa shape index (κ3) is 3.06. The van der Waals surface area contributed by atoms with Gasteiger partial charge in [0.15, 0.2) is 0 Å². The van der Waals surface area contributed by atoms with Gasteiger partial charge in [0.2, 0.25) is 0 Å². The highest BCUT2D eigenvalue weighted by Gasteiger charge is 2.09. The summed E-state index contributed by atoms with van der Waals surface area (Å²) in [5.41, 5.74) is 7.85. The minimum Gasteiger partial charge on any atom is -0.327 e. The van der Waals surface area contributed by atoms with Crippen molar-refractivity contribution < 1.29 is 0 Å². The van der Waals surface area contributed by atoms with E-state index in [0.29, 0.717) is 0 Å². The van der Waals surface area contributed by atoms with Crippen LogP contribution in [0.1, 0.15) is 18.4 Å². The Balaban J connectivity index is 2.21. The molecule has 90 valence electrons. The summed E-state index contributed by atoms with van der Waals surface area (Å²) in [6.07, 6.45) is 1.81. The second-order valence-corrected chi connectivity index (χ2v) is 5.33. The summed E-state index contributed by atoms with van der Waals surface area (Å²) >= 11 is 7.79. The molecule has 0 saturated carbocycles. The number of rotatable bonds is 4. The third-order valence-corrected chi connectivity index (χ3v) is 3.86. The van der Waals surface area contributed by atoms with Gasteiger partial charge in [-0.2, -0.15) is 0 Å². The largest absolute Gasteiger partial charge is 0.327 e. The number of hydrogen-bond donors (Lipinski definition) is 1. The van der Waals surface area contributed by atoms with E-state index in [2.05, 4.69) is 11.9 Å². The molecule has 0 spiro atoms. The van der Waals surface area contributed by atoms with Crippen molar-refractivity contribution in [3.05, 3.63) is 39.7 Å². The van der Waals surface area contributed by atoms with E-state index in [1.54, 1.807) is 11.3 Å². The van der Waals surface area contributed by atoms with E-state index in [4.69, 9.17) is 17.3 Å². The van der Waals surface area contributed by atoms with E-state index in [9.17, 15) is 0 Å². The van der Waals surface area contributed by atoms with Crippen molar-refractivity contribution in [2.75, 3.05) is 0 Å². The minimum absolute atomic E-state index is 0.195. The Morgan fingerprint density at radius 1 is 1.41 bits per heavy atom. The Labute approximate surface area is 110 Å². The van der Waals surface area contributed by atoms with Gasteiger partial charge >= 0.3 is 0 Å². The molecule has 2 aromatic rings. The lowest BCUT2D eigenvalue weighted by Crippen LogP contribution is -2.21. The Hall–Kier alpha value is -0.900. The smallest absolute Gasteiger partial charge is 0.0948 e. The normalized spacial score (nSPS) is 12.6. The highest BCUT2D eigenvalue weighted by molar-refractivity contribution is 7.10. The molecule has 2 N–H and O–H groups in total. The zero-order chi connectivity index (χ0) is 12.3. The zero-order valence-electron chi connectivity index (χ0n) is 9.69. The molecule has 17 heavy (non-hydrogen) atoms. The molecule has 2 nitrogen and oxygen atoms in total. The van der Waals surface area contributed by atoms with Crippen molar-refractivity contribution in [3.8, 4) is 11.3 Å². The van der Waals surface area contributed by atoms with Crippen molar-refractivity contribution in [1.82, 2.24) is 4.98 Å². The number of benzene rings is 1. The van der Waals surface area contributed by atoms with E-state index in [1.165, 1.54) is 0 Å². The molecule has 0 aliphatic carbocycles. The van der Waals surface area contributed by atoms with Gasteiger partial charge in [0.1, 0.15) is 0 Å². The highest BCUT2D eigenvalue weighted by Crippen LogP contribution is 2.28. The first-order chi connectivity index (χ1) is 8.20. The van der Waals surface area contributed by atoms with E-state index in [1.807, 2.05) is 29.6 Å². The van der Waals surface area contributed by atoms with E-state index < -0.39 is 0 Å². The molecule has 1 aromatic carbocycles. The number of thiazole rings is 1. The summed E-state index contributed by atoms with van der Waals surface area (Å²) in [7, 11) is 0. The summed E-state index contributed by atoms with van der Waals surface area (Å²) in [5, 5.41) is 3.86. The van der Waals surface area contributed by atoms with Gasteiger partial charge in [0, 0.05) is 28.4 Å². The lowest BCUT2D eigenvalue weighted by Gasteiger charge is -2.04. The molecule has 0 saturated heterocycles. The molecule has 0 fully saturated rings. The standard InChI is InChI=1S/C13H15ClN2S/c1-2-9(15)7-13-16-12(8-17-13)10-5-3-4-6-11(10)14/h3-6,8-9H,2,7,15H2,1H3. The number of nitrogens with two attached hydrogens (primary N) is 1. The predicted octanol–water partition coefficient (Wildman–Crippen LogP) is 3.74. The fourth-order valence-corrected chi connectivity index (χ4v) is 2.69. The molecule has 1 atom stereocenters. The Bertz CT molecular complexity index is 496. The van der Waals surface area contributed by atoms with Crippen LogP contribution in [0.2, 0.25) is 5.02 Å². The lowest BCUT2D eigenvalue weighted by molar-refractivity contribution is 0.644. The number of nitrogens with zero attached hydrogens (tertiary/aromatic N) is 1. The van der Waals surface area contributed by atoms with Crippen LogP contribution in [0.5, 0.6) is 0 Å². The summed E-state index contributed by atoms with van der Waals surface area (Å²) in [6, 6.07) is 7.96. The second-order valence-electron chi connectivity index (χ2n) is 3.98. The van der Waals surface area contributed by atoms with Crippen molar-refractivity contribution in [3.63, 3.8) is 0 Å². The monoisotopic (exact) mass is 266 g/mol. The van der Waals surface area contributed by atoms with Gasteiger partial charge in [-0.25, -0.2) is 4.98 Å². The SMILES string of the molecule is CCC(N)Cc1nc(-c2ccccc2Cl)cs1. The van der Waals surface area contributed by atoms with Crippen molar-refractivity contribution in [2.24, 2.45) is 5.73 Å². The lowest BCUT2D eigenvalue weighted by atomic mass is 10.1. The van der Waals surface area contributed by atoms with Gasteiger partial charge in [0.25, 0.3) is 0 Å². The Morgan fingerprint density at radius 3 is 2.88 bits per heavy atom. The number of hydrogen-bond acceptors (Lipinski definition) is 3. The van der Waals surface area contributed by atoms with Gasteiger partial charge in [-0.3, -0.25) is 0 Å². The van der Waals surface area contributed by atoms with Gasteiger partial charge in [-0.05, 0) is 12.5 Å². The van der Waals surface area contributed by atoms with Gasteiger partial charge in [-0.1, -0.05) is 36.7 Å². The molecular formula is C13H15ClN2S. The van der Waals surface area contributed by atoms with E-state index >= 15 is 0 Å². The fourth-order valence-electron chi connectivity index (χ4n) is 1.57. The number of aromatic nitrogens is 1. The molecule has 0 radical (unpaired) electrons. The van der Waals surface area contributed by atoms with Crippen LogP contribution in [0.4, 0.5) is 0 Å². The van der Waals surface area contributed by atoms with Crippen LogP contribution in [-0.4, -0.2) is 11.0 Å². The average Bonchev–Trinajstić information content (AvgIpc) is 2.78. The van der Waals surface area contributed by atoms with Gasteiger partial charge in [0.05, 0.1) is 10.7 Å². The third-order valence-electron chi connectivity index (χ3n) is 2.66. The maximum Gasteiger partial charge on any atom is 0.0948 e. The maximum absolute atomic E-state index is 6.14. The zero-order valence-corrected chi connectivity index (χ0v) is 11.3. The van der Waals surface area contributed by atoms with Crippen molar-refractivity contribution >= 4 is 22.9 Å². The van der Waals surface area contributed by atoms with Crippen LogP contribution in [-0.2, 0) is 6.42 Å². The van der Waals surface area contributed by atoms with Crippen LogP contribution >= 0.6 is 22.9 Å². The van der Waals surface area contributed by atoms with Crippen LogP contribution < -0.4 is 5.73 Å². The van der Waals surface area contributed by atoms with Crippen molar-refractivity contribution in [2.45, 2.75) is 25.8 Å². The summed E-state index contributed by atoms with van der Waals surface area (Å²) < 4.78 is 0. The van der Waals surface area contributed by atoms with Gasteiger partial charge in [-0.15, -0.1) is 11.3 Å². The minimum atomic E-state index is 0.195. The molecule has 0 aliphatic rings. The Kier molecular flexibility index (Phi) is 4.15. The molecule has 1 aromatic heterocycles. The molecule has 0 aliphatic heterocycles.